The molecule has 25 heavy (non-hydrogen) atoms. The molecule has 3 aromatic rings. The van der Waals surface area contributed by atoms with Crippen molar-refractivity contribution in [1.82, 2.24) is 14.9 Å². The standard InChI is InChI=1S/C18H19N3O2S2/c1-10-11(2)25-17-14(10)16(22)19-15(20-17)12-5-3-7-21(9-12)18(23)13-6-4-8-24-13/h4,6,8,12H,3,5,7,9H2,1-2H3,(H,19,20,22)/t12-/m0/s1. The number of nitrogens with one attached hydrogen (secondary N) is 1. The van der Waals surface area contributed by atoms with Crippen LogP contribution in [0.3, 0.4) is 0 Å². The molecule has 1 aliphatic rings. The first-order valence-corrected chi connectivity index (χ1v) is 10.1. The quantitative estimate of drug-likeness (QED) is 0.745. The van der Waals surface area contributed by atoms with Crippen LogP contribution in [-0.2, 0) is 0 Å². The molecule has 5 nitrogen and oxygen atoms in total. The van der Waals surface area contributed by atoms with E-state index in [0.717, 1.165) is 39.5 Å². The first-order valence-electron chi connectivity index (χ1n) is 8.37. The Balaban J connectivity index is 1.64. The molecule has 130 valence electrons. The van der Waals surface area contributed by atoms with Gasteiger partial charge in [0.15, 0.2) is 0 Å². The Morgan fingerprint density at radius 3 is 3.00 bits per heavy atom. The molecule has 1 N–H and O–H groups in total. The summed E-state index contributed by atoms with van der Waals surface area (Å²) in [7, 11) is 0. The SMILES string of the molecule is Cc1sc2nc([C@H]3CCCN(C(=O)c4cccs4)C3)[nH]c(=O)c2c1C. The van der Waals surface area contributed by atoms with Gasteiger partial charge >= 0.3 is 0 Å². The zero-order chi connectivity index (χ0) is 17.6. The number of likely N-dealkylation sites (tertiary alicyclic amines) is 1. The molecule has 0 unspecified atom stereocenters. The summed E-state index contributed by atoms with van der Waals surface area (Å²) in [5.74, 6) is 0.867. The number of aromatic amines is 1. The minimum atomic E-state index is -0.0662. The molecule has 0 bridgehead atoms. The third kappa shape index (κ3) is 2.91. The summed E-state index contributed by atoms with van der Waals surface area (Å²) >= 11 is 3.03. The molecule has 0 radical (unpaired) electrons. The number of fused-ring (bicyclic) bond motifs is 1. The summed E-state index contributed by atoms with van der Waals surface area (Å²) in [5.41, 5.74) is 0.946. The molecule has 0 spiro atoms. The summed E-state index contributed by atoms with van der Waals surface area (Å²) < 4.78 is 0. The Morgan fingerprint density at radius 2 is 2.24 bits per heavy atom. The molecular formula is C18H19N3O2S2. The van der Waals surface area contributed by atoms with E-state index in [1.807, 2.05) is 36.3 Å². The fourth-order valence-electron chi connectivity index (χ4n) is 3.41. The zero-order valence-corrected chi connectivity index (χ0v) is 15.8. The van der Waals surface area contributed by atoms with E-state index in [9.17, 15) is 9.59 Å². The molecule has 4 heterocycles. The lowest BCUT2D eigenvalue weighted by Crippen LogP contribution is -2.39. The number of H-pyrrole nitrogens is 1. The number of carbonyl (C=O) groups excluding carboxylic acids is 1. The fourth-order valence-corrected chi connectivity index (χ4v) is 5.13. The van der Waals surface area contributed by atoms with Gasteiger partial charge in [-0.05, 0) is 43.7 Å². The van der Waals surface area contributed by atoms with E-state index in [0.29, 0.717) is 17.8 Å². The van der Waals surface area contributed by atoms with Crippen LogP contribution in [0.5, 0.6) is 0 Å². The Kier molecular flexibility index (Phi) is 4.21. The van der Waals surface area contributed by atoms with E-state index >= 15 is 0 Å². The predicted octanol–water partition coefficient (Wildman–Crippen LogP) is 3.68. The van der Waals surface area contributed by atoms with Crippen molar-refractivity contribution >= 4 is 38.8 Å². The highest BCUT2D eigenvalue weighted by Gasteiger charge is 2.28. The van der Waals surface area contributed by atoms with Gasteiger partial charge in [-0.15, -0.1) is 22.7 Å². The van der Waals surface area contributed by atoms with Crippen LogP contribution in [0.4, 0.5) is 0 Å². The number of aromatic nitrogens is 2. The number of hydrogen-bond acceptors (Lipinski definition) is 5. The number of carbonyl (C=O) groups is 1. The second kappa shape index (κ2) is 6.38. The average molecular weight is 374 g/mol. The van der Waals surface area contributed by atoms with Gasteiger partial charge in [0.1, 0.15) is 10.7 Å². The van der Waals surface area contributed by atoms with Crippen molar-refractivity contribution in [3.05, 3.63) is 49.0 Å². The van der Waals surface area contributed by atoms with E-state index in [4.69, 9.17) is 4.98 Å². The average Bonchev–Trinajstić information content (AvgIpc) is 3.23. The minimum absolute atomic E-state index is 0.0662. The summed E-state index contributed by atoms with van der Waals surface area (Å²) in [6.45, 7) is 5.35. The van der Waals surface area contributed by atoms with Gasteiger partial charge in [-0.1, -0.05) is 6.07 Å². The lowest BCUT2D eigenvalue weighted by atomic mass is 9.97. The van der Waals surface area contributed by atoms with Crippen molar-refractivity contribution in [3.8, 4) is 0 Å². The van der Waals surface area contributed by atoms with Crippen LogP contribution in [0.2, 0.25) is 0 Å². The Hall–Kier alpha value is -1.99. The molecule has 1 aliphatic heterocycles. The molecule has 1 amide bonds. The lowest BCUT2D eigenvalue weighted by Gasteiger charge is -2.32. The number of thiophene rings is 2. The summed E-state index contributed by atoms with van der Waals surface area (Å²) in [6, 6.07) is 3.76. The lowest BCUT2D eigenvalue weighted by molar-refractivity contribution is 0.0709. The third-order valence-corrected chi connectivity index (χ3v) is 6.84. The molecule has 1 saturated heterocycles. The van der Waals surface area contributed by atoms with Crippen LogP contribution in [0, 0.1) is 13.8 Å². The van der Waals surface area contributed by atoms with Crippen molar-refractivity contribution in [1.29, 1.82) is 0 Å². The molecule has 1 atom stereocenters. The Labute approximate surface area is 153 Å². The molecule has 7 heteroatoms. The molecule has 0 aromatic carbocycles. The molecule has 1 fully saturated rings. The van der Waals surface area contributed by atoms with Crippen LogP contribution >= 0.6 is 22.7 Å². The van der Waals surface area contributed by atoms with Gasteiger partial charge in [-0.2, -0.15) is 0 Å². The van der Waals surface area contributed by atoms with E-state index in [-0.39, 0.29) is 17.4 Å². The van der Waals surface area contributed by atoms with E-state index < -0.39 is 0 Å². The van der Waals surface area contributed by atoms with Crippen molar-refractivity contribution in [2.45, 2.75) is 32.6 Å². The van der Waals surface area contributed by atoms with Gasteiger partial charge in [-0.25, -0.2) is 4.98 Å². The van der Waals surface area contributed by atoms with Crippen LogP contribution in [0.15, 0.2) is 22.3 Å². The van der Waals surface area contributed by atoms with E-state index in [1.165, 1.54) is 11.3 Å². The van der Waals surface area contributed by atoms with Gasteiger partial charge in [0, 0.05) is 23.9 Å². The summed E-state index contributed by atoms with van der Waals surface area (Å²) in [5, 5.41) is 2.62. The van der Waals surface area contributed by atoms with Gasteiger partial charge < -0.3 is 9.88 Å². The number of aryl methyl sites for hydroxylation is 2. The summed E-state index contributed by atoms with van der Waals surface area (Å²) in [4.78, 5) is 37.4. The topological polar surface area (TPSA) is 66.1 Å². The van der Waals surface area contributed by atoms with Crippen molar-refractivity contribution < 1.29 is 4.79 Å². The highest BCUT2D eigenvalue weighted by molar-refractivity contribution is 7.18. The Morgan fingerprint density at radius 1 is 1.40 bits per heavy atom. The van der Waals surface area contributed by atoms with Gasteiger partial charge in [-0.3, -0.25) is 9.59 Å². The number of rotatable bonds is 2. The molecule has 0 saturated carbocycles. The number of amides is 1. The Bertz CT molecular complexity index is 988. The maximum Gasteiger partial charge on any atom is 0.263 e. The normalized spacial score (nSPS) is 18.0. The maximum atomic E-state index is 12.6. The smallest absolute Gasteiger partial charge is 0.263 e. The molecule has 0 aliphatic carbocycles. The minimum Gasteiger partial charge on any atom is -0.337 e. The van der Waals surface area contributed by atoms with Gasteiger partial charge in [0.25, 0.3) is 11.5 Å². The molecule has 4 rings (SSSR count). The number of hydrogen-bond donors (Lipinski definition) is 1. The predicted molar refractivity (Wildman–Crippen MR) is 102 cm³/mol. The molecule has 3 aromatic heterocycles. The van der Waals surface area contributed by atoms with Crippen molar-refractivity contribution in [2.75, 3.05) is 13.1 Å². The van der Waals surface area contributed by atoms with Crippen molar-refractivity contribution in [2.24, 2.45) is 0 Å². The fraction of sp³-hybridized carbons (Fsp3) is 0.389. The van der Waals surface area contributed by atoms with Crippen molar-refractivity contribution in [3.63, 3.8) is 0 Å². The monoisotopic (exact) mass is 373 g/mol. The highest BCUT2D eigenvalue weighted by Crippen LogP contribution is 2.30. The van der Waals surface area contributed by atoms with Crippen LogP contribution < -0.4 is 5.56 Å². The van der Waals surface area contributed by atoms with Crippen LogP contribution in [0.25, 0.3) is 10.2 Å². The first kappa shape index (κ1) is 16.5. The zero-order valence-electron chi connectivity index (χ0n) is 14.2. The third-order valence-electron chi connectivity index (χ3n) is 4.88. The van der Waals surface area contributed by atoms with Crippen LogP contribution in [0.1, 0.15) is 44.7 Å². The second-order valence-electron chi connectivity index (χ2n) is 6.48. The number of piperidine rings is 1. The molecular weight excluding hydrogens is 354 g/mol. The maximum absolute atomic E-state index is 12.6. The second-order valence-corrected chi connectivity index (χ2v) is 8.63. The van der Waals surface area contributed by atoms with Gasteiger partial charge in [0.05, 0.1) is 10.3 Å². The van der Waals surface area contributed by atoms with E-state index in [2.05, 4.69) is 4.98 Å². The highest BCUT2D eigenvalue weighted by atomic mass is 32.1. The number of nitrogens with zero attached hydrogens (tertiary/aromatic N) is 2. The summed E-state index contributed by atoms with van der Waals surface area (Å²) in [6.07, 6.45) is 1.86. The van der Waals surface area contributed by atoms with E-state index in [1.54, 1.807) is 11.3 Å². The first-order chi connectivity index (χ1) is 12.0. The van der Waals surface area contributed by atoms with Gasteiger partial charge in [0.2, 0.25) is 0 Å². The largest absolute Gasteiger partial charge is 0.337 e. The van der Waals surface area contributed by atoms with Crippen LogP contribution in [-0.4, -0.2) is 33.9 Å².